The van der Waals surface area contributed by atoms with Crippen LogP contribution >= 0.6 is 22.9 Å². The van der Waals surface area contributed by atoms with Crippen molar-refractivity contribution in [3.8, 4) is 0 Å². The van der Waals surface area contributed by atoms with Gasteiger partial charge in [-0.3, -0.25) is 0 Å². The van der Waals surface area contributed by atoms with E-state index in [1.165, 1.54) is 15.3 Å². The summed E-state index contributed by atoms with van der Waals surface area (Å²) in [5.74, 6) is 0.876. The van der Waals surface area contributed by atoms with E-state index in [0.717, 1.165) is 17.0 Å². The van der Waals surface area contributed by atoms with Gasteiger partial charge < -0.3 is 4.57 Å². The zero-order valence-electron chi connectivity index (χ0n) is 12.6. The number of thiophene rings is 1. The average Bonchev–Trinajstić information content (AvgIpc) is 2.98. The van der Waals surface area contributed by atoms with Crippen LogP contribution in [-0.2, 0) is 0 Å². The summed E-state index contributed by atoms with van der Waals surface area (Å²) >= 11 is 8.18. The third kappa shape index (κ3) is 2.47. The molecule has 2 unspecified atom stereocenters. The lowest BCUT2D eigenvalue weighted by molar-refractivity contribution is 0.613. The third-order valence-corrected chi connectivity index (χ3v) is 4.93. The highest BCUT2D eigenvalue weighted by Gasteiger charge is 2.22. The van der Waals surface area contributed by atoms with Crippen LogP contribution in [0.5, 0.6) is 0 Å². The number of imidazole rings is 1. The number of aromatic nitrogens is 3. The van der Waals surface area contributed by atoms with E-state index in [-0.39, 0.29) is 11.4 Å². The lowest BCUT2D eigenvalue weighted by atomic mass is 10.1. The topological polar surface area (TPSA) is 30.7 Å². The van der Waals surface area contributed by atoms with Crippen LogP contribution in [0.1, 0.15) is 46.4 Å². The van der Waals surface area contributed by atoms with Gasteiger partial charge in [-0.05, 0) is 51.5 Å². The van der Waals surface area contributed by atoms with Gasteiger partial charge in [0.1, 0.15) is 11.3 Å². The van der Waals surface area contributed by atoms with Crippen molar-refractivity contribution in [2.75, 3.05) is 0 Å². The fourth-order valence-corrected chi connectivity index (χ4v) is 3.98. The molecule has 0 aromatic carbocycles. The molecular weight excluding hydrogens is 302 g/mol. The SMILES string of the molecule is Cc1cc(C(C)n2c(C(C)Cl)nc3cccnc32)c(C)s1. The largest absolute Gasteiger partial charge is 0.304 e. The number of alkyl halides is 1. The third-order valence-electron chi connectivity index (χ3n) is 3.75. The molecule has 0 amide bonds. The van der Waals surface area contributed by atoms with E-state index in [9.17, 15) is 0 Å². The summed E-state index contributed by atoms with van der Waals surface area (Å²) in [6, 6.07) is 6.32. The van der Waals surface area contributed by atoms with E-state index in [0.29, 0.717) is 0 Å². The number of aryl methyl sites for hydroxylation is 2. The fraction of sp³-hybridized carbons (Fsp3) is 0.375. The summed E-state index contributed by atoms with van der Waals surface area (Å²) in [6.07, 6.45) is 1.81. The molecule has 3 aromatic rings. The molecule has 0 aliphatic rings. The van der Waals surface area contributed by atoms with Crippen molar-refractivity contribution in [2.24, 2.45) is 0 Å². The molecule has 110 valence electrons. The predicted octanol–water partition coefficient (Wildman–Crippen LogP) is 5.02. The number of hydrogen-bond donors (Lipinski definition) is 0. The van der Waals surface area contributed by atoms with Crippen molar-refractivity contribution in [1.82, 2.24) is 14.5 Å². The number of hydrogen-bond acceptors (Lipinski definition) is 3. The first-order valence-corrected chi connectivity index (χ1v) is 8.28. The molecule has 0 aliphatic heterocycles. The second-order valence-corrected chi connectivity index (χ2v) is 7.46. The van der Waals surface area contributed by atoms with Crippen LogP contribution in [0.2, 0.25) is 0 Å². The summed E-state index contributed by atoms with van der Waals surface area (Å²) in [6.45, 7) is 8.45. The molecule has 3 rings (SSSR count). The monoisotopic (exact) mass is 319 g/mol. The summed E-state index contributed by atoms with van der Waals surface area (Å²) in [5, 5.41) is -0.151. The highest BCUT2D eigenvalue weighted by atomic mass is 35.5. The van der Waals surface area contributed by atoms with E-state index in [2.05, 4.69) is 41.4 Å². The average molecular weight is 320 g/mol. The van der Waals surface area contributed by atoms with E-state index < -0.39 is 0 Å². The molecule has 3 aromatic heterocycles. The van der Waals surface area contributed by atoms with Crippen LogP contribution < -0.4 is 0 Å². The normalized spacial score (nSPS) is 14.5. The Kier molecular flexibility index (Phi) is 3.76. The minimum atomic E-state index is -0.151. The Hall–Kier alpha value is -1.39. The zero-order chi connectivity index (χ0) is 15.1. The Morgan fingerprint density at radius 1 is 1.29 bits per heavy atom. The molecule has 5 heteroatoms. The van der Waals surface area contributed by atoms with Gasteiger partial charge in [-0.25, -0.2) is 9.97 Å². The minimum Gasteiger partial charge on any atom is -0.304 e. The number of halogens is 1. The fourth-order valence-electron chi connectivity index (χ4n) is 2.81. The van der Waals surface area contributed by atoms with Crippen LogP contribution in [0.25, 0.3) is 11.2 Å². The van der Waals surface area contributed by atoms with Gasteiger partial charge in [0.15, 0.2) is 5.65 Å². The van der Waals surface area contributed by atoms with Crippen LogP contribution in [-0.4, -0.2) is 14.5 Å². The molecule has 0 N–H and O–H groups in total. The Labute approximate surface area is 133 Å². The van der Waals surface area contributed by atoms with E-state index in [1.54, 1.807) is 0 Å². The lowest BCUT2D eigenvalue weighted by Gasteiger charge is -2.18. The predicted molar refractivity (Wildman–Crippen MR) is 89.4 cm³/mol. The second-order valence-electron chi connectivity index (χ2n) is 5.35. The van der Waals surface area contributed by atoms with Crippen molar-refractivity contribution in [3.63, 3.8) is 0 Å². The van der Waals surface area contributed by atoms with Gasteiger partial charge in [0.05, 0.1) is 11.4 Å². The maximum atomic E-state index is 6.35. The molecule has 0 saturated carbocycles. The molecule has 0 saturated heterocycles. The van der Waals surface area contributed by atoms with E-state index in [1.807, 2.05) is 36.6 Å². The van der Waals surface area contributed by atoms with Crippen molar-refractivity contribution < 1.29 is 0 Å². The molecule has 3 nitrogen and oxygen atoms in total. The molecule has 0 fully saturated rings. The Balaban J connectivity index is 2.22. The summed E-state index contributed by atoms with van der Waals surface area (Å²) in [5.41, 5.74) is 3.12. The zero-order valence-corrected chi connectivity index (χ0v) is 14.2. The maximum Gasteiger partial charge on any atom is 0.160 e. The molecule has 0 spiro atoms. The summed E-state index contributed by atoms with van der Waals surface area (Å²) < 4.78 is 2.17. The van der Waals surface area contributed by atoms with Gasteiger partial charge >= 0.3 is 0 Å². The minimum absolute atomic E-state index is 0.151. The Morgan fingerprint density at radius 2 is 2.05 bits per heavy atom. The number of fused-ring (bicyclic) bond motifs is 1. The Bertz CT molecular complexity index is 788. The first kappa shape index (κ1) is 14.5. The second kappa shape index (κ2) is 5.43. The standard InChI is InChI=1S/C16H18ClN3S/c1-9-8-13(12(4)21-9)11(3)20-15(10(2)17)19-14-6-5-7-18-16(14)20/h5-8,10-11H,1-4H3. The summed E-state index contributed by atoms with van der Waals surface area (Å²) in [4.78, 5) is 11.8. The van der Waals surface area contributed by atoms with Crippen molar-refractivity contribution in [2.45, 2.75) is 39.1 Å². The van der Waals surface area contributed by atoms with Gasteiger partial charge in [-0.2, -0.15) is 0 Å². The molecule has 0 bridgehead atoms. The van der Waals surface area contributed by atoms with Gasteiger partial charge in [-0.15, -0.1) is 22.9 Å². The van der Waals surface area contributed by atoms with Crippen molar-refractivity contribution >= 4 is 34.1 Å². The van der Waals surface area contributed by atoms with Crippen LogP contribution in [0, 0.1) is 13.8 Å². The van der Waals surface area contributed by atoms with Crippen LogP contribution in [0.4, 0.5) is 0 Å². The van der Waals surface area contributed by atoms with E-state index >= 15 is 0 Å². The molecule has 2 atom stereocenters. The van der Waals surface area contributed by atoms with Crippen molar-refractivity contribution in [3.05, 3.63) is 45.5 Å². The van der Waals surface area contributed by atoms with Gasteiger partial charge in [0.25, 0.3) is 0 Å². The maximum absolute atomic E-state index is 6.35. The van der Waals surface area contributed by atoms with E-state index in [4.69, 9.17) is 11.6 Å². The first-order chi connectivity index (χ1) is 9.99. The van der Waals surface area contributed by atoms with Gasteiger partial charge in [0, 0.05) is 16.0 Å². The lowest BCUT2D eigenvalue weighted by Crippen LogP contribution is -2.12. The Morgan fingerprint density at radius 3 is 2.67 bits per heavy atom. The molecular formula is C16H18ClN3S. The van der Waals surface area contributed by atoms with Crippen LogP contribution in [0.3, 0.4) is 0 Å². The number of nitrogens with zero attached hydrogens (tertiary/aromatic N) is 3. The molecule has 0 radical (unpaired) electrons. The molecule has 21 heavy (non-hydrogen) atoms. The number of pyridine rings is 1. The highest BCUT2D eigenvalue weighted by molar-refractivity contribution is 7.12. The quantitative estimate of drug-likeness (QED) is 0.635. The van der Waals surface area contributed by atoms with Crippen LogP contribution in [0.15, 0.2) is 24.4 Å². The smallest absolute Gasteiger partial charge is 0.160 e. The number of rotatable bonds is 3. The van der Waals surface area contributed by atoms with Gasteiger partial charge in [0.2, 0.25) is 0 Å². The van der Waals surface area contributed by atoms with Crippen molar-refractivity contribution in [1.29, 1.82) is 0 Å². The first-order valence-electron chi connectivity index (χ1n) is 7.03. The summed E-state index contributed by atoms with van der Waals surface area (Å²) in [7, 11) is 0. The molecule has 3 heterocycles. The molecule has 0 aliphatic carbocycles. The highest BCUT2D eigenvalue weighted by Crippen LogP contribution is 2.34. The van der Waals surface area contributed by atoms with Gasteiger partial charge in [-0.1, -0.05) is 0 Å².